The molecule has 1 heterocycles. The Morgan fingerprint density at radius 1 is 1.09 bits per heavy atom. The van der Waals surface area contributed by atoms with E-state index in [1.54, 1.807) is 24.3 Å². The fourth-order valence-corrected chi connectivity index (χ4v) is 3.83. The minimum atomic E-state index is -3.58. The third kappa shape index (κ3) is 6.63. The molecule has 0 radical (unpaired) electrons. The standard InChI is InChI=1S/C21H18N4O5S2/c1-32(27,28)21-24-20(31-25-21)23-19(26)16(14-22)13-15-7-9-18(10-8-15)30-12-11-29-17-5-3-2-4-6-17/h2-10,13H,11-12H2,1H3,(H,23,24,25,26). The summed E-state index contributed by atoms with van der Waals surface area (Å²) in [6.45, 7) is 0.740. The number of sulfone groups is 1. The normalized spacial score (nSPS) is 11.4. The number of nitrogens with zero attached hydrogens (tertiary/aromatic N) is 3. The van der Waals surface area contributed by atoms with Crippen molar-refractivity contribution in [3.8, 4) is 17.6 Å². The molecule has 0 bridgehead atoms. The van der Waals surface area contributed by atoms with Crippen LogP contribution in [0.1, 0.15) is 5.56 Å². The molecule has 0 fully saturated rings. The van der Waals surface area contributed by atoms with Crippen LogP contribution in [0.2, 0.25) is 0 Å². The average molecular weight is 471 g/mol. The van der Waals surface area contributed by atoms with Gasteiger partial charge in [0.25, 0.3) is 11.1 Å². The van der Waals surface area contributed by atoms with Gasteiger partial charge in [0.2, 0.25) is 15.0 Å². The lowest BCUT2D eigenvalue weighted by Crippen LogP contribution is -2.13. The van der Waals surface area contributed by atoms with Crippen molar-refractivity contribution in [3.05, 3.63) is 65.7 Å². The molecule has 11 heteroatoms. The minimum absolute atomic E-state index is 0.0157. The highest BCUT2D eigenvalue weighted by molar-refractivity contribution is 7.90. The highest BCUT2D eigenvalue weighted by Gasteiger charge is 2.17. The van der Waals surface area contributed by atoms with E-state index in [1.165, 1.54) is 6.08 Å². The van der Waals surface area contributed by atoms with Crippen LogP contribution in [0.5, 0.6) is 11.5 Å². The summed E-state index contributed by atoms with van der Waals surface area (Å²) in [7, 11) is -3.58. The Labute approximate surface area is 189 Å². The minimum Gasteiger partial charge on any atom is -0.490 e. The second kappa shape index (κ2) is 10.5. The first kappa shape index (κ1) is 22.9. The Kier molecular flexibility index (Phi) is 7.54. The van der Waals surface area contributed by atoms with Crippen LogP contribution in [0, 0.1) is 11.3 Å². The molecule has 3 aromatic rings. The largest absolute Gasteiger partial charge is 0.490 e. The van der Waals surface area contributed by atoms with Crippen LogP contribution >= 0.6 is 11.5 Å². The van der Waals surface area contributed by atoms with Crippen LogP contribution in [0.25, 0.3) is 6.08 Å². The number of hydrogen-bond acceptors (Lipinski definition) is 9. The highest BCUT2D eigenvalue weighted by atomic mass is 32.2. The van der Waals surface area contributed by atoms with Gasteiger partial charge in [-0.05, 0) is 35.9 Å². The molecule has 0 aliphatic carbocycles. The molecule has 2 aromatic carbocycles. The SMILES string of the molecule is CS(=O)(=O)c1nsc(NC(=O)C(C#N)=Cc2ccc(OCCOc3ccccc3)cc2)n1. The molecule has 0 atom stereocenters. The van der Waals surface area contributed by atoms with E-state index in [4.69, 9.17) is 9.47 Å². The third-order valence-electron chi connectivity index (χ3n) is 3.88. The van der Waals surface area contributed by atoms with E-state index in [0.29, 0.717) is 36.1 Å². The zero-order chi connectivity index (χ0) is 23.0. The quantitative estimate of drug-likeness (QED) is 0.287. The lowest BCUT2D eigenvalue weighted by atomic mass is 10.1. The zero-order valence-corrected chi connectivity index (χ0v) is 18.5. The van der Waals surface area contributed by atoms with Crippen molar-refractivity contribution in [1.29, 1.82) is 5.26 Å². The summed E-state index contributed by atoms with van der Waals surface area (Å²) >= 11 is 0.713. The number of hydrogen-bond donors (Lipinski definition) is 1. The van der Waals surface area contributed by atoms with Gasteiger partial charge >= 0.3 is 0 Å². The Balaban J connectivity index is 1.55. The van der Waals surface area contributed by atoms with Gasteiger partial charge in [0, 0.05) is 17.8 Å². The Morgan fingerprint density at radius 2 is 1.72 bits per heavy atom. The Hall–Kier alpha value is -3.75. The molecule has 0 aliphatic heterocycles. The molecule has 0 saturated heterocycles. The molecule has 1 N–H and O–H groups in total. The number of carbonyl (C=O) groups is 1. The van der Waals surface area contributed by atoms with Crippen molar-refractivity contribution >= 4 is 38.5 Å². The summed E-state index contributed by atoms with van der Waals surface area (Å²) in [6, 6.07) is 18.0. The van der Waals surface area contributed by atoms with Crippen LogP contribution in [0.15, 0.2) is 65.3 Å². The molecule has 0 aliphatic rings. The lowest BCUT2D eigenvalue weighted by Gasteiger charge is -2.08. The summed E-state index contributed by atoms with van der Waals surface area (Å²) in [6.07, 6.45) is 2.36. The van der Waals surface area contributed by atoms with Gasteiger partial charge < -0.3 is 9.47 Å². The average Bonchev–Trinajstić information content (AvgIpc) is 3.26. The first-order valence-electron chi connectivity index (χ1n) is 9.23. The Morgan fingerprint density at radius 3 is 2.28 bits per heavy atom. The molecule has 3 rings (SSSR count). The summed E-state index contributed by atoms with van der Waals surface area (Å²) < 4.78 is 37.7. The topological polar surface area (TPSA) is 131 Å². The molecule has 0 saturated carbocycles. The van der Waals surface area contributed by atoms with E-state index >= 15 is 0 Å². The van der Waals surface area contributed by atoms with E-state index in [2.05, 4.69) is 14.7 Å². The van der Waals surface area contributed by atoms with Crippen LogP contribution in [0.4, 0.5) is 5.13 Å². The van der Waals surface area contributed by atoms with Crippen molar-refractivity contribution < 1.29 is 22.7 Å². The number of amides is 1. The number of carbonyl (C=O) groups excluding carboxylic acids is 1. The molecule has 1 aromatic heterocycles. The second-order valence-electron chi connectivity index (χ2n) is 6.36. The number of para-hydroxylation sites is 1. The van der Waals surface area contributed by atoms with Crippen molar-refractivity contribution in [1.82, 2.24) is 9.36 Å². The summed E-state index contributed by atoms with van der Waals surface area (Å²) in [5, 5.41) is 11.3. The number of benzene rings is 2. The first-order chi connectivity index (χ1) is 15.3. The van der Waals surface area contributed by atoms with Gasteiger partial charge in [-0.3, -0.25) is 10.1 Å². The molecular formula is C21H18N4O5S2. The zero-order valence-electron chi connectivity index (χ0n) is 16.9. The molecular weight excluding hydrogens is 452 g/mol. The van der Waals surface area contributed by atoms with Gasteiger partial charge in [-0.1, -0.05) is 30.3 Å². The van der Waals surface area contributed by atoms with Crippen molar-refractivity contribution in [2.45, 2.75) is 5.16 Å². The fourth-order valence-electron chi connectivity index (χ4n) is 2.39. The third-order valence-corrected chi connectivity index (χ3v) is 5.47. The van der Waals surface area contributed by atoms with Gasteiger partial charge in [-0.25, -0.2) is 8.42 Å². The summed E-state index contributed by atoms with van der Waals surface area (Å²) in [5.41, 5.74) is 0.435. The number of nitrogens with one attached hydrogen (secondary N) is 1. The van der Waals surface area contributed by atoms with E-state index in [-0.39, 0.29) is 15.9 Å². The maximum atomic E-state index is 12.3. The number of rotatable bonds is 9. The van der Waals surface area contributed by atoms with Crippen LogP contribution in [0.3, 0.4) is 0 Å². The van der Waals surface area contributed by atoms with Crippen LogP contribution in [-0.4, -0.2) is 43.2 Å². The molecule has 32 heavy (non-hydrogen) atoms. The second-order valence-corrected chi connectivity index (χ2v) is 9.02. The van der Waals surface area contributed by atoms with Gasteiger partial charge in [0.05, 0.1) is 0 Å². The van der Waals surface area contributed by atoms with Gasteiger partial charge in [-0.2, -0.15) is 14.6 Å². The number of nitriles is 1. The molecule has 0 spiro atoms. The fraction of sp³-hybridized carbons (Fsp3) is 0.143. The van der Waals surface area contributed by atoms with E-state index in [0.717, 1.165) is 12.0 Å². The summed E-state index contributed by atoms with van der Waals surface area (Å²) in [5.74, 6) is 0.658. The predicted molar refractivity (Wildman–Crippen MR) is 119 cm³/mol. The van der Waals surface area contributed by atoms with E-state index in [9.17, 15) is 18.5 Å². The first-order valence-corrected chi connectivity index (χ1v) is 11.9. The highest BCUT2D eigenvalue weighted by Crippen LogP contribution is 2.18. The van der Waals surface area contributed by atoms with Gasteiger partial charge in [-0.15, -0.1) is 0 Å². The van der Waals surface area contributed by atoms with Crippen molar-refractivity contribution in [2.24, 2.45) is 0 Å². The van der Waals surface area contributed by atoms with E-state index < -0.39 is 15.7 Å². The number of ether oxygens (including phenoxy) is 2. The number of aromatic nitrogens is 2. The molecule has 9 nitrogen and oxygen atoms in total. The maximum absolute atomic E-state index is 12.3. The summed E-state index contributed by atoms with van der Waals surface area (Å²) in [4.78, 5) is 16.1. The molecule has 0 unspecified atom stereocenters. The molecule has 1 amide bonds. The number of anilines is 1. The van der Waals surface area contributed by atoms with Gasteiger partial charge in [0.1, 0.15) is 36.4 Å². The Bertz CT molecular complexity index is 1250. The lowest BCUT2D eigenvalue weighted by molar-refractivity contribution is -0.112. The van der Waals surface area contributed by atoms with Crippen LogP contribution in [-0.2, 0) is 14.6 Å². The van der Waals surface area contributed by atoms with Crippen LogP contribution < -0.4 is 14.8 Å². The van der Waals surface area contributed by atoms with Gasteiger partial charge in [0.15, 0.2) is 0 Å². The van der Waals surface area contributed by atoms with Crippen molar-refractivity contribution in [3.63, 3.8) is 0 Å². The smallest absolute Gasteiger partial charge is 0.268 e. The maximum Gasteiger partial charge on any atom is 0.268 e. The van der Waals surface area contributed by atoms with E-state index in [1.807, 2.05) is 36.4 Å². The van der Waals surface area contributed by atoms with Crippen molar-refractivity contribution in [2.75, 3.05) is 24.8 Å². The molecule has 164 valence electrons. The monoisotopic (exact) mass is 470 g/mol. The predicted octanol–water partition coefficient (Wildman–Crippen LogP) is 2.95.